The molecule has 2 amide bonds. The number of nitrogens with zero attached hydrogens (tertiary/aromatic N) is 1. The topological polar surface area (TPSA) is 95.6 Å². The highest BCUT2D eigenvalue weighted by Crippen LogP contribution is 2.30. The molecule has 1 atom stereocenters. The largest absolute Gasteiger partial charge is 0.325 e. The number of carbonyl (C=O) groups is 2. The number of hydrogen-bond acceptors (Lipinski definition) is 4. The molecule has 0 radical (unpaired) electrons. The molecule has 8 heteroatoms. The zero-order chi connectivity index (χ0) is 25.0. The quantitative estimate of drug-likeness (QED) is 0.502. The molecule has 1 aliphatic heterocycles. The second kappa shape index (κ2) is 10.4. The number of sulfonamides is 1. The van der Waals surface area contributed by atoms with Crippen LogP contribution >= 0.6 is 0 Å². The maximum Gasteiger partial charge on any atom is 0.242 e. The summed E-state index contributed by atoms with van der Waals surface area (Å²) in [7, 11) is -4.00. The number of amides is 2. The number of rotatable bonds is 8. The fraction of sp³-hybridized carbons (Fsp3) is 0.259. The molecule has 0 spiro atoms. The second-order valence-corrected chi connectivity index (χ2v) is 10.3. The Morgan fingerprint density at radius 2 is 1.71 bits per heavy atom. The number of anilines is 2. The van der Waals surface area contributed by atoms with E-state index in [9.17, 15) is 18.0 Å². The minimum atomic E-state index is -4.00. The van der Waals surface area contributed by atoms with Gasteiger partial charge < -0.3 is 10.2 Å². The van der Waals surface area contributed by atoms with Crippen LogP contribution in [0.4, 0.5) is 11.4 Å². The summed E-state index contributed by atoms with van der Waals surface area (Å²) in [5.74, 6) is -0.515. The average Bonchev–Trinajstić information content (AvgIpc) is 3.28. The molecular formula is C27H29N3O4S. The van der Waals surface area contributed by atoms with Crippen molar-refractivity contribution < 1.29 is 18.0 Å². The number of carbonyl (C=O) groups excluding carboxylic acids is 2. The molecule has 2 N–H and O–H groups in total. The molecule has 1 aliphatic rings. The second-order valence-electron chi connectivity index (χ2n) is 8.62. The monoisotopic (exact) mass is 491 g/mol. The van der Waals surface area contributed by atoms with Crippen molar-refractivity contribution in [2.24, 2.45) is 0 Å². The lowest BCUT2D eigenvalue weighted by Crippen LogP contribution is -2.45. The van der Waals surface area contributed by atoms with Crippen LogP contribution in [0.15, 0.2) is 77.7 Å². The van der Waals surface area contributed by atoms with Crippen LogP contribution in [-0.2, 0) is 38.9 Å². The van der Waals surface area contributed by atoms with Crippen LogP contribution in [-0.4, -0.2) is 32.8 Å². The van der Waals surface area contributed by atoms with Crippen LogP contribution < -0.4 is 14.9 Å². The third kappa shape index (κ3) is 5.78. The number of fused-ring (bicyclic) bond motifs is 1. The molecule has 0 saturated carbocycles. The van der Waals surface area contributed by atoms with Gasteiger partial charge in [0.05, 0.1) is 4.90 Å². The van der Waals surface area contributed by atoms with E-state index < -0.39 is 22.0 Å². The molecule has 3 aromatic carbocycles. The van der Waals surface area contributed by atoms with E-state index in [1.165, 1.54) is 13.0 Å². The molecule has 1 heterocycles. The molecule has 7 nitrogen and oxygen atoms in total. The average molecular weight is 492 g/mol. The van der Waals surface area contributed by atoms with Crippen molar-refractivity contribution in [3.05, 3.63) is 89.5 Å². The van der Waals surface area contributed by atoms with Gasteiger partial charge in [-0.1, -0.05) is 49.4 Å². The summed E-state index contributed by atoms with van der Waals surface area (Å²) in [6.07, 6.45) is 1.60. The third-order valence-corrected chi connectivity index (χ3v) is 7.61. The predicted octanol–water partition coefficient (Wildman–Crippen LogP) is 3.69. The van der Waals surface area contributed by atoms with E-state index in [2.05, 4.69) is 10.0 Å². The lowest BCUT2D eigenvalue weighted by molar-refractivity contribution is -0.118. The summed E-state index contributed by atoms with van der Waals surface area (Å²) in [5.41, 5.74) is 4.05. The normalized spacial score (nSPS) is 13.8. The van der Waals surface area contributed by atoms with Gasteiger partial charge in [-0.2, -0.15) is 4.72 Å². The first-order chi connectivity index (χ1) is 16.8. The Labute approximate surface area is 206 Å². The lowest BCUT2D eigenvalue weighted by atomic mass is 10.1. The summed E-state index contributed by atoms with van der Waals surface area (Å²) in [5, 5.41) is 2.86. The fourth-order valence-corrected chi connectivity index (χ4v) is 5.51. The van der Waals surface area contributed by atoms with E-state index in [1.807, 2.05) is 55.5 Å². The van der Waals surface area contributed by atoms with E-state index in [0.717, 1.165) is 28.8 Å². The highest BCUT2D eigenvalue weighted by atomic mass is 32.2. The van der Waals surface area contributed by atoms with E-state index in [1.54, 1.807) is 23.1 Å². The molecule has 0 saturated heterocycles. The molecule has 0 aliphatic carbocycles. The fourth-order valence-electron chi connectivity index (χ4n) is 4.26. The first kappa shape index (κ1) is 24.6. The summed E-state index contributed by atoms with van der Waals surface area (Å²) < 4.78 is 29.3. The number of aryl methyl sites for hydroxylation is 1. The lowest BCUT2D eigenvalue weighted by Gasteiger charge is -2.20. The molecule has 35 heavy (non-hydrogen) atoms. The van der Waals surface area contributed by atoms with Crippen LogP contribution in [0.3, 0.4) is 0 Å². The van der Waals surface area contributed by atoms with Crippen molar-refractivity contribution in [1.82, 2.24) is 4.72 Å². The number of benzene rings is 3. The van der Waals surface area contributed by atoms with Crippen molar-refractivity contribution in [3.8, 4) is 0 Å². The Hall–Kier alpha value is -3.49. The zero-order valence-corrected chi connectivity index (χ0v) is 20.6. The van der Waals surface area contributed by atoms with E-state index in [-0.39, 0.29) is 17.2 Å². The zero-order valence-electron chi connectivity index (χ0n) is 19.8. The molecule has 0 fully saturated rings. The minimum Gasteiger partial charge on any atom is -0.325 e. The highest BCUT2D eigenvalue weighted by molar-refractivity contribution is 7.89. The van der Waals surface area contributed by atoms with Crippen LogP contribution in [0, 0.1) is 0 Å². The Morgan fingerprint density at radius 3 is 2.43 bits per heavy atom. The molecule has 0 aromatic heterocycles. The first-order valence-electron chi connectivity index (χ1n) is 11.6. The van der Waals surface area contributed by atoms with Gasteiger partial charge in [0.15, 0.2) is 0 Å². The summed E-state index contributed by atoms with van der Waals surface area (Å²) in [4.78, 5) is 26.8. The van der Waals surface area contributed by atoms with Crippen LogP contribution in [0.2, 0.25) is 0 Å². The first-order valence-corrected chi connectivity index (χ1v) is 13.1. The smallest absolute Gasteiger partial charge is 0.242 e. The summed E-state index contributed by atoms with van der Waals surface area (Å²) in [6, 6.07) is 20.5. The molecule has 4 rings (SSSR count). The van der Waals surface area contributed by atoms with Crippen molar-refractivity contribution in [2.75, 3.05) is 16.8 Å². The van der Waals surface area contributed by atoms with Crippen molar-refractivity contribution in [3.63, 3.8) is 0 Å². The van der Waals surface area contributed by atoms with Gasteiger partial charge in [0.2, 0.25) is 21.8 Å². The van der Waals surface area contributed by atoms with E-state index >= 15 is 0 Å². The van der Waals surface area contributed by atoms with Crippen LogP contribution in [0.25, 0.3) is 0 Å². The Balaban J connectivity index is 1.59. The van der Waals surface area contributed by atoms with Gasteiger partial charge >= 0.3 is 0 Å². The Kier molecular flexibility index (Phi) is 7.33. The molecule has 0 bridgehead atoms. The molecule has 0 unspecified atom stereocenters. The summed E-state index contributed by atoms with van der Waals surface area (Å²) >= 11 is 0. The third-order valence-electron chi connectivity index (χ3n) is 6.14. The molecule has 182 valence electrons. The maximum atomic E-state index is 13.3. The maximum absolute atomic E-state index is 13.3. The SMILES string of the molecule is CCc1cccc(NC(=O)[C@H](Cc2ccccc2)NS(=O)(=O)c2ccc3c(c2)CCN3C(C)=O)c1. The highest BCUT2D eigenvalue weighted by Gasteiger charge is 2.29. The molecule has 3 aromatic rings. The number of nitrogens with one attached hydrogen (secondary N) is 2. The molecular weight excluding hydrogens is 462 g/mol. The Bertz CT molecular complexity index is 1340. The van der Waals surface area contributed by atoms with Gasteiger partial charge in [-0.3, -0.25) is 9.59 Å². The predicted molar refractivity (Wildman–Crippen MR) is 137 cm³/mol. The summed E-state index contributed by atoms with van der Waals surface area (Å²) in [6.45, 7) is 4.04. The van der Waals surface area contributed by atoms with Gasteiger partial charge in [-0.05, 0) is 66.3 Å². The van der Waals surface area contributed by atoms with Crippen LogP contribution in [0.5, 0.6) is 0 Å². The van der Waals surface area contributed by atoms with Crippen molar-refractivity contribution >= 4 is 33.2 Å². The Morgan fingerprint density at radius 1 is 0.971 bits per heavy atom. The van der Waals surface area contributed by atoms with Gasteiger partial charge in [0, 0.05) is 24.8 Å². The van der Waals surface area contributed by atoms with E-state index in [4.69, 9.17) is 0 Å². The van der Waals surface area contributed by atoms with Crippen molar-refractivity contribution in [2.45, 2.75) is 44.0 Å². The van der Waals surface area contributed by atoms with Crippen LogP contribution in [0.1, 0.15) is 30.5 Å². The van der Waals surface area contributed by atoms with Gasteiger partial charge in [-0.25, -0.2) is 8.42 Å². The number of hydrogen-bond donors (Lipinski definition) is 2. The van der Waals surface area contributed by atoms with E-state index in [0.29, 0.717) is 18.7 Å². The standard InChI is InChI=1S/C27H29N3O4S/c1-3-20-10-7-11-23(16-20)28-27(32)25(17-21-8-5-4-6-9-21)29-35(33,34)24-12-13-26-22(18-24)14-15-30(26)19(2)31/h4-13,16,18,25,29H,3,14-15,17H2,1-2H3,(H,28,32)/t25-/m0/s1. The van der Waals surface area contributed by atoms with Gasteiger partial charge in [0.1, 0.15) is 6.04 Å². The van der Waals surface area contributed by atoms with Gasteiger partial charge in [0.25, 0.3) is 0 Å². The van der Waals surface area contributed by atoms with Gasteiger partial charge in [-0.15, -0.1) is 0 Å². The van der Waals surface area contributed by atoms with Crippen molar-refractivity contribution in [1.29, 1.82) is 0 Å². The minimum absolute atomic E-state index is 0.0699.